The molecule has 6 heteroatoms. The van der Waals surface area contributed by atoms with Gasteiger partial charge in [-0.3, -0.25) is 29.0 Å². The van der Waals surface area contributed by atoms with Gasteiger partial charge in [0.1, 0.15) is 0 Å². The van der Waals surface area contributed by atoms with Gasteiger partial charge in [-0.2, -0.15) is 0 Å². The Balaban J connectivity index is 0.857. The molecule has 2 aliphatic heterocycles. The SMILES string of the molecule is O=C1C2C3C=CC(C3)C2C(=O)N1C1CCCCC(c2ccc(C3CCCC(N4C(=O)C5C6C=CC(C6)C5C4=O)C3)cc2)CC1. The highest BCUT2D eigenvalue weighted by Crippen LogP contribution is 2.55. The summed E-state index contributed by atoms with van der Waals surface area (Å²) in [5, 5.41) is 0. The lowest BCUT2D eigenvalue weighted by Gasteiger charge is -2.35. The first-order chi connectivity index (χ1) is 21.5. The van der Waals surface area contributed by atoms with Gasteiger partial charge in [0.05, 0.1) is 23.7 Å². The summed E-state index contributed by atoms with van der Waals surface area (Å²) >= 11 is 0. The van der Waals surface area contributed by atoms with Gasteiger partial charge in [0, 0.05) is 12.1 Å². The van der Waals surface area contributed by atoms with Crippen molar-refractivity contribution in [3.63, 3.8) is 0 Å². The molecule has 8 aliphatic rings. The number of carbonyl (C=O) groups excluding carboxylic acids is 4. The Morgan fingerprint density at radius 2 is 0.864 bits per heavy atom. The molecule has 1 aromatic rings. The predicted octanol–water partition coefficient (Wildman–Crippen LogP) is 6.13. The number of benzene rings is 1. The minimum Gasteiger partial charge on any atom is -0.279 e. The van der Waals surface area contributed by atoms with Gasteiger partial charge < -0.3 is 0 Å². The van der Waals surface area contributed by atoms with E-state index < -0.39 is 0 Å². The molecular weight excluding hydrogens is 548 g/mol. The van der Waals surface area contributed by atoms with Gasteiger partial charge in [-0.1, -0.05) is 67.8 Å². The zero-order valence-electron chi connectivity index (χ0n) is 25.6. The quantitative estimate of drug-likeness (QED) is 0.311. The Morgan fingerprint density at radius 3 is 1.41 bits per heavy atom. The van der Waals surface area contributed by atoms with E-state index in [0.29, 0.717) is 11.8 Å². The van der Waals surface area contributed by atoms with Gasteiger partial charge in [-0.25, -0.2) is 0 Å². The Bertz CT molecular complexity index is 1400. The van der Waals surface area contributed by atoms with Crippen LogP contribution in [0.5, 0.6) is 0 Å². The molecule has 0 radical (unpaired) electrons. The topological polar surface area (TPSA) is 74.8 Å². The van der Waals surface area contributed by atoms with E-state index in [0.717, 1.165) is 77.0 Å². The zero-order chi connectivity index (χ0) is 29.7. The molecule has 0 spiro atoms. The van der Waals surface area contributed by atoms with E-state index in [2.05, 4.69) is 48.6 Å². The van der Waals surface area contributed by atoms with Crippen molar-refractivity contribution in [3.8, 4) is 0 Å². The first-order valence-corrected chi connectivity index (χ1v) is 17.7. The normalized spacial score (nSPS) is 44.1. The highest BCUT2D eigenvalue weighted by molar-refractivity contribution is 6.07. The van der Waals surface area contributed by atoms with Crippen LogP contribution >= 0.6 is 0 Å². The van der Waals surface area contributed by atoms with Gasteiger partial charge in [0.15, 0.2) is 0 Å². The van der Waals surface area contributed by atoms with Crippen molar-refractivity contribution in [1.82, 2.24) is 9.80 Å². The Hall–Kier alpha value is -3.02. The largest absolute Gasteiger partial charge is 0.279 e. The molecule has 12 unspecified atom stereocenters. The number of rotatable bonds is 4. The van der Waals surface area contributed by atoms with E-state index in [9.17, 15) is 19.2 Å². The molecule has 4 bridgehead atoms. The third-order valence-electron chi connectivity index (χ3n) is 13.5. The van der Waals surface area contributed by atoms with Crippen molar-refractivity contribution in [2.75, 3.05) is 0 Å². The van der Waals surface area contributed by atoms with Crippen molar-refractivity contribution in [1.29, 1.82) is 0 Å². The van der Waals surface area contributed by atoms with Crippen molar-refractivity contribution in [2.45, 2.75) is 101 Å². The Kier molecular flexibility index (Phi) is 6.36. The lowest BCUT2D eigenvalue weighted by molar-refractivity contribution is -0.145. The summed E-state index contributed by atoms with van der Waals surface area (Å²) in [7, 11) is 0. The number of nitrogens with zero attached hydrogens (tertiary/aromatic N) is 2. The van der Waals surface area contributed by atoms with Crippen LogP contribution in [0.25, 0.3) is 0 Å². The lowest BCUT2D eigenvalue weighted by Crippen LogP contribution is -2.43. The number of hydrogen-bond donors (Lipinski definition) is 0. The first kappa shape index (κ1) is 27.3. The van der Waals surface area contributed by atoms with E-state index in [-0.39, 0.29) is 83.1 Å². The van der Waals surface area contributed by atoms with Crippen LogP contribution in [0.2, 0.25) is 0 Å². The van der Waals surface area contributed by atoms with E-state index in [1.54, 1.807) is 9.80 Å². The molecule has 6 aliphatic carbocycles. The molecule has 0 N–H and O–H groups in total. The van der Waals surface area contributed by atoms with Crippen LogP contribution < -0.4 is 0 Å². The van der Waals surface area contributed by atoms with Crippen molar-refractivity contribution in [2.24, 2.45) is 47.3 Å². The van der Waals surface area contributed by atoms with Gasteiger partial charge >= 0.3 is 0 Å². The van der Waals surface area contributed by atoms with Gasteiger partial charge in [0.2, 0.25) is 23.6 Å². The fraction of sp³-hybridized carbons (Fsp3) is 0.632. The fourth-order valence-electron chi connectivity index (χ4n) is 11.4. The molecule has 6 nitrogen and oxygen atoms in total. The van der Waals surface area contributed by atoms with E-state index in [1.807, 2.05) is 0 Å². The maximum absolute atomic E-state index is 13.5. The minimum absolute atomic E-state index is 0.0301. The third kappa shape index (κ3) is 3.97. The van der Waals surface area contributed by atoms with Crippen LogP contribution in [0.4, 0.5) is 0 Å². The molecule has 9 rings (SSSR count). The molecule has 1 aromatic carbocycles. The maximum Gasteiger partial charge on any atom is 0.233 e. The molecule has 4 saturated carbocycles. The summed E-state index contributed by atoms with van der Waals surface area (Å²) in [6.45, 7) is 0. The van der Waals surface area contributed by atoms with Crippen LogP contribution in [-0.4, -0.2) is 45.5 Å². The van der Waals surface area contributed by atoms with Crippen molar-refractivity contribution < 1.29 is 19.2 Å². The Labute approximate surface area is 260 Å². The number of amides is 4. The van der Waals surface area contributed by atoms with E-state index in [1.165, 1.54) is 11.1 Å². The molecule has 0 aromatic heterocycles. The monoisotopic (exact) mass is 592 g/mol. The van der Waals surface area contributed by atoms with Gasteiger partial charge in [0.25, 0.3) is 0 Å². The molecule has 44 heavy (non-hydrogen) atoms. The second-order valence-electron chi connectivity index (χ2n) is 15.5. The second kappa shape index (κ2) is 10.3. The van der Waals surface area contributed by atoms with E-state index in [4.69, 9.17) is 0 Å². The van der Waals surface area contributed by atoms with Crippen molar-refractivity contribution in [3.05, 3.63) is 59.7 Å². The molecule has 12 atom stereocenters. The summed E-state index contributed by atoms with van der Waals surface area (Å²) in [6.07, 6.45) is 20.8. The molecule has 230 valence electrons. The number of imide groups is 2. The minimum atomic E-state index is -0.103. The highest BCUT2D eigenvalue weighted by atomic mass is 16.2. The highest BCUT2D eigenvalue weighted by Gasteiger charge is 2.61. The maximum atomic E-state index is 13.5. The zero-order valence-corrected chi connectivity index (χ0v) is 25.6. The van der Waals surface area contributed by atoms with Crippen LogP contribution in [-0.2, 0) is 19.2 Å². The van der Waals surface area contributed by atoms with Crippen molar-refractivity contribution >= 4 is 23.6 Å². The number of fused-ring (bicyclic) bond motifs is 10. The fourth-order valence-corrected chi connectivity index (χ4v) is 11.4. The number of likely N-dealkylation sites (tertiary alicyclic amines) is 2. The molecule has 2 saturated heterocycles. The molecule has 2 heterocycles. The van der Waals surface area contributed by atoms with Gasteiger partial charge in [-0.05, 0) is 104 Å². The second-order valence-corrected chi connectivity index (χ2v) is 15.5. The Morgan fingerprint density at radius 1 is 0.432 bits per heavy atom. The lowest BCUT2D eigenvalue weighted by atomic mass is 9.79. The molecular formula is C38H44N2O4. The van der Waals surface area contributed by atoms with Gasteiger partial charge in [-0.15, -0.1) is 0 Å². The summed E-state index contributed by atoms with van der Waals surface area (Å²) in [6, 6.07) is 9.27. The first-order valence-electron chi connectivity index (χ1n) is 17.7. The average molecular weight is 593 g/mol. The number of hydrogen-bond acceptors (Lipinski definition) is 4. The van der Waals surface area contributed by atoms with Crippen LogP contribution in [0.1, 0.15) is 100 Å². The molecule has 6 fully saturated rings. The summed E-state index contributed by atoms with van der Waals surface area (Å²) in [5.74, 6) is 1.92. The van der Waals surface area contributed by atoms with E-state index >= 15 is 0 Å². The summed E-state index contributed by atoms with van der Waals surface area (Å²) in [4.78, 5) is 57.3. The summed E-state index contributed by atoms with van der Waals surface area (Å²) < 4.78 is 0. The van der Waals surface area contributed by atoms with Crippen LogP contribution in [0.15, 0.2) is 48.6 Å². The molecule has 4 amide bonds. The summed E-state index contributed by atoms with van der Waals surface area (Å²) in [5.41, 5.74) is 2.69. The standard InChI is InChI=1S/C38H44N2O4/c41-35-31-25-12-13-26(18-25)32(31)36(42)39(35)29-6-2-1-4-21(16-17-29)22-8-10-23(11-9-22)24-5-3-7-30(20-24)40-37(43)33-27-14-15-28(19-27)34(33)38(40)44/h8-15,21,24-34H,1-7,16-20H2. The van der Waals surface area contributed by atoms with Crippen LogP contribution in [0.3, 0.4) is 0 Å². The number of carbonyl (C=O) groups is 4. The predicted molar refractivity (Wildman–Crippen MR) is 165 cm³/mol. The third-order valence-corrected chi connectivity index (χ3v) is 13.5. The average Bonchev–Trinajstić information content (AvgIpc) is 3.87. The smallest absolute Gasteiger partial charge is 0.233 e. The van der Waals surface area contributed by atoms with Crippen LogP contribution in [0, 0.1) is 47.3 Å². The number of allylic oxidation sites excluding steroid dienone is 4.